The highest BCUT2D eigenvalue weighted by molar-refractivity contribution is 5.90. The van der Waals surface area contributed by atoms with Gasteiger partial charge < -0.3 is 10.1 Å². The van der Waals surface area contributed by atoms with Crippen molar-refractivity contribution in [3.05, 3.63) is 24.4 Å². The SMILES string of the molecule is CC(C)COC1CC(Nc2cccc3cn[nH]c23)C1(C)C. The van der Waals surface area contributed by atoms with Gasteiger partial charge in [-0.2, -0.15) is 5.10 Å². The van der Waals surface area contributed by atoms with Crippen LogP contribution < -0.4 is 5.32 Å². The third-order valence-electron chi connectivity index (χ3n) is 4.61. The highest BCUT2D eigenvalue weighted by Gasteiger charge is 2.49. The van der Waals surface area contributed by atoms with Crippen LogP contribution in [0.2, 0.25) is 0 Å². The van der Waals surface area contributed by atoms with E-state index in [-0.39, 0.29) is 5.41 Å². The topological polar surface area (TPSA) is 49.9 Å². The molecule has 114 valence electrons. The monoisotopic (exact) mass is 287 g/mol. The van der Waals surface area contributed by atoms with Crippen LogP contribution in [-0.2, 0) is 4.74 Å². The Labute approximate surface area is 126 Å². The zero-order valence-corrected chi connectivity index (χ0v) is 13.3. The Balaban J connectivity index is 1.68. The van der Waals surface area contributed by atoms with Crippen LogP contribution in [-0.4, -0.2) is 29.0 Å². The van der Waals surface area contributed by atoms with Gasteiger partial charge in [-0.3, -0.25) is 5.10 Å². The quantitative estimate of drug-likeness (QED) is 0.879. The number of benzene rings is 1. The van der Waals surface area contributed by atoms with Crippen LogP contribution in [0.5, 0.6) is 0 Å². The van der Waals surface area contributed by atoms with Crippen LogP contribution >= 0.6 is 0 Å². The van der Waals surface area contributed by atoms with E-state index in [2.05, 4.69) is 61.4 Å². The Hall–Kier alpha value is -1.55. The number of nitrogens with one attached hydrogen (secondary N) is 2. The van der Waals surface area contributed by atoms with Crippen molar-refractivity contribution in [1.82, 2.24) is 10.2 Å². The summed E-state index contributed by atoms with van der Waals surface area (Å²) in [5.41, 5.74) is 2.36. The molecule has 0 saturated heterocycles. The molecule has 4 nitrogen and oxygen atoms in total. The largest absolute Gasteiger partial charge is 0.380 e. The summed E-state index contributed by atoms with van der Waals surface area (Å²) in [4.78, 5) is 0. The van der Waals surface area contributed by atoms with Crippen LogP contribution in [0.25, 0.3) is 10.9 Å². The van der Waals surface area contributed by atoms with E-state index in [1.807, 2.05) is 6.20 Å². The molecule has 1 heterocycles. The Morgan fingerprint density at radius 2 is 2.24 bits per heavy atom. The van der Waals surface area contributed by atoms with Crippen LogP contribution in [0, 0.1) is 11.3 Å². The molecule has 0 aliphatic heterocycles. The molecule has 0 radical (unpaired) electrons. The van der Waals surface area contributed by atoms with Crippen molar-refractivity contribution in [2.75, 3.05) is 11.9 Å². The van der Waals surface area contributed by atoms with Gasteiger partial charge >= 0.3 is 0 Å². The molecule has 1 fully saturated rings. The lowest BCUT2D eigenvalue weighted by Crippen LogP contribution is -2.58. The number of H-pyrrole nitrogens is 1. The van der Waals surface area contributed by atoms with Crippen molar-refractivity contribution >= 4 is 16.6 Å². The number of nitrogens with zero attached hydrogens (tertiary/aromatic N) is 1. The number of rotatable bonds is 5. The second kappa shape index (κ2) is 5.34. The minimum Gasteiger partial charge on any atom is -0.380 e. The van der Waals surface area contributed by atoms with Gasteiger partial charge in [-0.1, -0.05) is 39.8 Å². The second-order valence-corrected chi connectivity index (χ2v) is 7.11. The highest BCUT2D eigenvalue weighted by Crippen LogP contribution is 2.45. The minimum absolute atomic E-state index is 0.150. The van der Waals surface area contributed by atoms with Crippen LogP contribution in [0.3, 0.4) is 0 Å². The number of aromatic nitrogens is 2. The molecule has 1 aliphatic carbocycles. The molecule has 2 unspecified atom stereocenters. The van der Waals surface area contributed by atoms with E-state index in [4.69, 9.17) is 4.74 Å². The van der Waals surface area contributed by atoms with Gasteiger partial charge in [0.05, 0.1) is 23.5 Å². The van der Waals surface area contributed by atoms with E-state index >= 15 is 0 Å². The standard InChI is InChI=1S/C17H25N3O/c1-11(2)10-21-15-8-14(17(15,3)4)19-13-7-5-6-12-9-18-20-16(12)13/h5-7,9,11,14-15,19H,8,10H2,1-4H3,(H,18,20). The van der Waals surface area contributed by atoms with Crippen molar-refractivity contribution in [2.24, 2.45) is 11.3 Å². The summed E-state index contributed by atoms with van der Waals surface area (Å²) in [6.45, 7) is 9.80. The Kier molecular flexibility index (Phi) is 3.66. The Bertz CT molecular complexity index is 617. The van der Waals surface area contributed by atoms with Gasteiger partial charge in [-0.25, -0.2) is 0 Å². The molecular weight excluding hydrogens is 262 g/mol. The molecule has 1 aromatic heterocycles. The summed E-state index contributed by atoms with van der Waals surface area (Å²) in [7, 11) is 0. The van der Waals surface area contributed by atoms with Gasteiger partial charge in [0.15, 0.2) is 0 Å². The molecule has 0 spiro atoms. The summed E-state index contributed by atoms with van der Waals surface area (Å²) in [5, 5.41) is 12.0. The van der Waals surface area contributed by atoms with Crippen molar-refractivity contribution in [3.63, 3.8) is 0 Å². The molecule has 0 amide bonds. The zero-order valence-electron chi connectivity index (χ0n) is 13.3. The first-order chi connectivity index (χ1) is 9.98. The highest BCUT2D eigenvalue weighted by atomic mass is 16.5. The van der Waals surface area contributed by atoms with Crippen LogP contribution in [0.4, 0.5) is 5.69 Å². The predicted molar refractivity (Wildman–Crippen MR) is 86.5 cm³/mol. The van der Waals surface area contributed by atoms with Gasteiger partial charge in [-0.15, -0.1) is 0 Å². The van der Waals surface area contributed by atoms with E-state index in [0.717, 1.165) is 29.6 Å². The van der Waals surface area contributed by atoms with Crippen molar-refractivity contribution in [2.45, 2.75) is 46.3 Å². The molecule has 1 aromatic carbocycles. The first-order valence-electron chi connectivity index (χ1n) is 7.78. The fraction of sp³-hybridized carbons (Fsp3) is 0.588. The average Bonchev–Trinajstić information content (AvgIpc) is 2.90. The van der Waals surface area contributed by atoms with E-state index < -0.39 is 0 Å². The van der Waals surface area contributed by atoms with E-state index in [1.54, 1.807) is 0 Å². The van der Waals surface area contributed by atoms with Gasteiger partial charge in [0.1, 0.15) is 0 Å². The van der Waals surface area contributed by atoms with Gasteiger partial charge in [-0.05, 0) is 18.4 Å². The Morgan fingerprint density at radius 1 is 1.43 bits per heavy atom. The van der Waals surface area contributed by atoms with Crippen LogP contribution in [0.1, 0.15) is 34.1 Å². The molecule has 2 atom stereocenters. The molecule has 0 bridgehead atoms. The normalized spacial score (nSPS) is 24.2. The van der Waals surface area contributed by atoms with Crippen molar-refractivity contribution < 1.29 is 4.74 Å². The zero-order chi connectivity index (χ0) is 15.0. The summed E-state index contributed by atoms with van der Waals surface area (Å²) >= 11 is 0. The Morgan fingerprint density at radius 3 is 2.95 bits per heavy atom. The number of ether oxygens (including phenoxy) is 1. The summed E-state index contributed by atoms with van der Waals surface area (Å²) < 4.78 is 6.03. The molecule has 3 rings (SSSR count). The van der Waals surface area contributed by atoms with Gasteiger partial charge in [0, 0.05) is 23.4 Å². The number of para-hydroxylation sites is 1. The van der Waals surface area contributed by atoms with Crippen molar-refractivity contribution in [1.29, 1.82) is 0 Å². The number of hydrogen-bond donors (Lipinski definition) is 2. The number of hydrogen-bond acceptors (Lipinski definition) is 3. The smallest absolute Gasteiger partial charge is 0.0881 e. The van der Waals surface area contributed by atoms with Gasteiger partial charge in [0.25, 0.3) is 0 Å². The molecule has 21 heavy (non-hydrogen) atoms. The van der Waals surface area contributed by atoms with Gasteiger partial charge in [0.2, 0.25) is 0 Å². The minimum atomic E-state index is 0.150. The van der Waals surface area contributed by atoms with Crippen molar-refractivity contribution in [3.8, 4) is 0 Å². The predicted octanol–water partition coefficient (Wildman–Crippen LogP) is 3.81. The maximum atomic E-state index is 6.03. The average molecular weight is 287 g/mol. The maximum Gasteiger partial charge on any atom is 0.0881 e. The third kappa shape index (κ3) is 2.64. The van der Waals surface area contributed by atoms with E-state index in [9.17, 15) is 0 Å². The molecule has 4 heteroatoms. The number of anilines is 1. The lowest BCUT2D eigenvalue weighted by atomic mass is 9.64. The first kappa shape index (κ1) is 14.4. The third-order valence-corrected chi connectivity index (χ3v) is 4.61. The fourth-order valence-electron chi connectivity index (χ4n) is 3.00. The molecule has 2 aromatic rings. The summed E-state index contributed by atoms with van der Waals surface area (Å²) in [6.07, 6.45) is 3.27. The molecule has 2 N–H and O–H groups in total. The summed E-state index contributed by atoms with van der Waals surface area (Å²) in [6, 6.07) is 6.69. The molecular formula is C17H25N3O. The molecule has 1 aliphatic rings. The van der Waals surface area contributed by atoms with E-state index in [1.165, 1.54) is 0 Å². The van der Waals surface area contributed by atoms with E-state index in [0.29, 0.717) is 18.1 Å². The first-order valence-corrected chi connectivity index (χ1v) is 7.78. The lowest BCUT2D eigenvalue weighted by molar-refractivity contribution is -0.108. The summed E-state index contributed by atoms with van der Waals surface area (Å²) in [5.74, 6) is 0.589. The lowest BCUT2D eigenvalue weighted by Gasteiger charge is -2.52. The number of fused-ring (bicyclic) bond motifs is 1. The van der Waals surface area contributed by atoms with Crippen LogP contribution in [0.15, 0.2) is 24.4 Å². The number of aromatic amines is 1. The molecule has 1 saturated carbocycles. The fourth-order valence-corrected chi connectivity index (χ4v) is 3.00. The second-order valence-electron chi connectivity index (χ2n) is 7.11. The maximum absolute atomic E-state index is 6.03.